The molecule has 1 aliphatic carbocycles. The van der Waals surface area contributed by atoms with Crippen LogP contribution in [0.4, 0.5) is 0 Å². The van der Waals surface area contributed by atoms with E-state index in [4.69, 9.17) is 4.74 Å². The monoisotopic (exact) mass is 267 g/mol. The predicted molar refractivity (Wildman–Crippen MR) is 82.3 cm³/mol. The van der Waals surface area contributed by atoms with Gasteiger partial charge in [0.05, 0.1) is 0 Å². The van der Waals surface area contributed by atoms with Gasteiger partial charge in [0.1, 0.15) is 11.5 Å². The molecule has 2 aromatic rings. The minimum Gasteiger partial charge on any atom is -0.457 e. The van der Waals surface area contributed by atoms with E-state index in [0.717, 1.165) is 18.0 Å². The Balaban J connectivity index is 1.79. The standard InChI is InChI=1S/C18H21NO/c1-13-4-3-5-17(11-13)20-18-9-6-14(2)10-15(18)12-19-16-7-8-16/h3-6,9-11,16,19H,7-8,12H2,1-2H3. The van der Waals surface area contributed by atoms with Gasteiger partial charge in [0.25, 0.3) is 0 Å². The molecule has 104 valence electrons. The van der Waals surface area contributed by atoms with Crippen molar-refractivity contribution in [2.45, 2.75) is 39.3 Å². The summed E-state index contributed by atoms with van der Waals surface area (Å²) in [6.45, 7) is 5.09. The van der Waals surface area contributed by atoms with Crippen LogP contribution >= 0.6 is 0 Å². The molecule has 1 fully saturated rings. The molecule has 1 saturated carbocycles. The molecule has 0 bridgehead atoms. The van der Waals surface area contributed by atoms with Crippen LogP contribution in [0.15, 0.2) is 42.5 Å². The van der Waals surface area contributed by atoms with Crippen LogP contribution < -0.4 is 10.1 Å². The lowest BCUT2D eigenvalue weighted by atomic mass is 10.1. The van der Waals surface area contributed by atoms with E-state index in [0.29, 0.717) is 6.04 Å². The maximum Gasteiger partial charge on any atom is 0.131 e. The van der Waals surface area contributed by atoms with Crippen LogP contribution in [-0.4, -0.2) is 6.04 Å². The molecular weight excluding hydrogens is 246 g/mol. The highest BCUT2D eigenvalue weighted by Gasteiger charge is 2.20. The lowest BCUT2D eigenvalue weighted by Gasteiger charge is -2.13. The molecule has 0 radical (unpaired) electrons. The van der Waals surface area contributed by atoms with Gasteiger partial charge in [-0.15, -0.1) is 0 Å². The van der Waals surface area contributed by atoms with Crippen molar-refractivity contribution in [3.8, 4) is 11.5 Å². The number of aryl methyl sites for hydroxylation is 2. The largest absolute Gasteiger partial charge is 0.457 e. The van der Waals surface area contributed by atoms with Crippen molar-refractivity contribution in [3.63, 3.8) is 0 Å². The molecule has 0 heterocycles. The van der Waals surface area contributed by atoms with Crippen molar-refractivity contribution in [2.75, 3.05) is 0 Å². The Kier molecular flexibility index (Phi) is 3.75. The smallest absolute Gasteiger partial charge is 0.131 e. The Labute approximate surface area is 120 Å². The van der Waals surface area contributed by atoms with Crippen LogP contribution in [0.5, 0.6) is 11.5 Å². The molecule has 3 rings (SSSR count). The zero-order valence-corrected chi connectivity index (χ0v) is 12.1. The van der Waals surface area contributed by atoms with E-state index in [1.54, 1.807) is 0 Å². The minimum absolute atomic E-state index is 0.710. The number of hydrogen-bond acceptors (Lipinski definition) is 2. The molecule has 0 amide bonds. The summed E-state index contributed by atoms with van der Waals surface area (Å²) in [5.74, 6) is 1.86. The first kappa shape index (κ1) is 13.2. The summed E-state index contributed by atoms with van der Waals surface area (Å²) in [6, 6.07) is 15.3. The number of rotatable bonds is 5. The van der Waals surface area contributed by atoms with E-state index in [1.807, 2.05) is 12.1 Å². The lowest BCUT2D eigenvalue weighted by Crippen LogP contribution is -2.15. The summed E-state index contributed by atoms with van der Waals surface area (Å²) in [4.78, 5) is 0. The third-order valence-corrected chi connectivity index (χ3v) is 3.59. The molecule has 0 atom stereocenters. The third-order valence-electron chi connectivity index (χ3n) is 3.59. The summed E-state index contributed by atoms with van der Waals surface area (Å²) in [5.41, 5.74) is 3.72. The Hall–Kier alpha value is -1.80. The SMILES string of the molecule is Cc1cccc(Oc2ccc(C)cc2CNC2CC2)c1. The molecular formula is C18H21NO. The van der Waals surface area contributed by atoms with E-state index in [9.17, 15) is 0 Å². The van der Waals surface area contributed by atoms with Crippen LogP contribution in [0.2, 0.25) is 0 Å². The zero-order valence-electron chi connectivity index (χ0n) is 12.1. The van der Waals surface area contributed by atoms with Gasteiger partial charge >= 0.3 is 0 Å². The molecule has 2 nitrogen and oxygen atoms in total. The van der Waals surface area contributed by atoms with Gasteiger partial charge in [0, 0.05) is 18.2 Å². The number of ether oxygens (including phenoxy) is 1. The van der Waals surface area contributed by atoms with Crippen molar-refractivity contribution in [1.82, 2.24) is 5.32 Å². The van der Waals surface area contributed by atoms with Gasteiger partial charge in [-0.05, 0) is 50.5 Å². The first-order chi connectivity index (χ1) is 9.70. The van der Waals surface area contributed by atoms with Gasteiger partial charge in [-0.2, -0.15) is 0 Å². The molecule has 1 aliphatic rings. The van der Waals surface area contributed by atoms with Gasteiger partial charge in [-0.25, -0.2) is 0 Å². The predicted octanol–water partition coefficient (Wildman–Crippen LogP) is 4.35. The van der Waals surface area contributed by atoms with Crippen molar-refractivity contribution in [2.24, 2.45) is 0 Å². The average molecular weight is 267 g/mol. The summed E-state index contributed by atoms with van der Waals surface area (Å²) in [7, 11) is 0. The fourth-order valence-corrected chi connectivity index (χ4v) is 2.29. The lowest BCUT2D eigenvalue weighted by molar-refractivity contribution is 0.472. The normalized spacial score (nSPS) is 14.3. The zero-order chi connectivity index (χ0) is 13.9. The van der Waals surface area contributed by atoms with Crippen LogP contribution in [0.3, 0.4) is 0 Å². The number of hydrogen-bond donors (Lipinski definition) is 1. The molecule has 0 spiro atoms. The molecule has 0 unspecified atom stereocenters. The second kappa shape index (κ2) is 5.68. The van der Waals surface area contributed by atoms with E-state index in [1.165, 1.54) is 29.5 Å². The maximum absolute atomic E-state index is 6.06. The van der Waals surface area contributed by atoms with Crippen LogP contribution in [0.25, 0.3) is 0 Å². The van der Waals surface area contributed by atoms with Crippen LogP contribution in [0, 0.1) is 13.8 Å². The Morgan fingerprint density at radius 1 is 1.05 bits per heavy atom. The first-order valence-electron chi connectivity index (χ1n) is 7.28. The highest BCUT2D eigenvalue weighted by molar-refractivity contribution is 5.41. The van der Waals surface area contributed by atoms with E-state index >= 15 is 0 Å². The Morgan fingerprint density at radius 3 is 2.60 bits per heavy atom. The second-order valence-corrected chi connectivity index (χ2v) is 5.68. The first-order valence-corrected chi connectivity index (χ1v) is 7.28. The third kappa shape index (κ3) is 3.40. The Bertz CT molecular complexity index is 602. The summed E-state index contributed by atoms with van der Waals surface area (Å²) in [6.07, 6.45) is 2.61. The van der Waals surface area contributed by atoms with Crippen LogP contribution in [0.1, 0.15) is 29.5 Å². The second-order valence-electron chi connectivity index (χ2n) is 5.68. The Morgan fingerprint density at radius 2 is 1.85 bits per heavy atom. The molecule has 0 aromatic heterocycles. The van der Waals surface area contributed by atoms with Gasteiger partial charge in [0.2, 0.25) is 0 Å². The molecule has 0 saturated heterocycles. The average Bonchev–Trinajstić information content (AvgIpc) is 3.23. The quantitative estimate of drug-likeness (QED) is 0.869. The topological polar surface area (TPSA) is 21.3 Å². The molecule has 1 N–H and O–H groups in total. The number of benzene rings is 2. The van der Waals surface area contributed by atoms with Crippen molar-refractivity contribution < 1.29 is 4.74 Å². The van der Waals surface area contributed by atoms with Gasteiger partial charge in [0.15, 0.2) is 0 Å². The van der Waals surface area contributed by atoms with Crippen molar-refractivity contribution in [3.05, 3.63) is 59.2 Å². The molecule has 20 heavy (non-hydrogen) atoms. The number of nitrogens with one attached hydrogen (secondary N) is 1. The van der Waals surface area contributed by atoms with E-state index < -0.39 is 0 Å². The summed E-state index contributed by atoms with van der Waals surface area (Å²) < 4.78 is 6.06. The van der Waals surface area contributed by atoms with Crippen LogP contribution in [-0.2, 0) is 6.54 Å². The van der Waals surface area contributed by atoms with Crippen molar-refractivity contribution >= 4 is 0 Å². The molecule has 2 heteroatoms. The molecule has 2 aromatic carbocycles. The van der Waals surface area contributed by atoms with E-state index in [-0.39, 0.29) is 0 Å². The summed E-state index contributed by atoms with van der Waals surface area (Å²) >= 11 is 0. The fourth-order valence-electron chi connectivity index (χ4n) is 2.29. The van der Waals surface area contributed by atoms with E-state index in [2.05, 4.69) is 49.5 Å². The summed E-state index contributed by atoms with van der Waals surface area (Å²) in [5, 5.41) is 3.56. The van der Waals surface area contributed by atoms with Gasteiger partial charge < -0.3 is 10.1 Å². The van der Waals surface area contributed by atoms with Gasteiger partial charge in [-0.1, -0.05) is 29.8 Å². The molecule has 0 aliphatic heterocycles. The highest BCUT2D eigenvalue weighted by atomic mass is 16.5. The highest BCUT2D eigenvalue weighted by Crippen LogP contribution is 2.28. The maximum atomic E-state index is 6.06. The fraction of sp³-hybridized carbons (Fsp3) is 0.333. The van der Waals surface area contributed by atoms with Gasteiger partial charge in [-0.3, -0.25) is 0 Å². The van der Waals surface area contributed by atoms with Crippen molar-refractivity contribution in [1.29, 1.82) is 0 Å². The minimum atomic E-state index is 0.710.